The van der Waals surface area contributed by atoms with Crippen molar-refractivity contribution in [2.24, 2.45) is 0 Å². The summed E-state index contributed by atoms with van der Waals surface area (Å²) >= 11 is 0. The number of aromatic nitrogens is 3. The fraction of sp³-hybridized carbons (Fsp3) is 0. The molecule has 30 heavy (non-hydrogen) atoms. The Morgan fingerprint density at radius 2 is 0.700 bits per heavy atom. The van der Waals surface area contributed by atoms with E-state index in [4.69, 9.17) is 0 Å². The van der Waals surface area contributed by atoms with E-state index in [-0.39, 0.29) is 0 Å². The number of nitriles is 3. The SMILES string of the molecule is N#Cc1ccccc1-c1nc(-c2ccccc2C#N)nc(-c2ccccc2C#N)n1. The lowest BCUT2D eigenvalue weighted by Crippen LogP contribution is -2.02. The zero-order valence-corrected chi connectivity index (χ0v) is 15.6. The minimum absolute atomic E-state index is 0.299. The normalized spacial score (nSPS) is 9.90. The summed E-state index contributed by atoms with van der Waals surface area (Å²) in [5.74, 6) is 0.896. The van der Waals surface area contributed by atoms with Crippen LogP contribution >= 0.6 is 0 Å². The molecule has 0 N–H and O–H groups in total. The average molecular weight is 384 g/mol. The van der Waals surface area contributed by atoms with Crippen molar-refractivity contribution in [2.75, 3.05) is 0 Å². The van der Waals surface area contributed by atoms with Crippen LogP contribution in [0.5, 0.6) is 0 Å². The van der Waals surface area contributed by atoms with Gasteiger partial charge in [-0.3, -0.25) is 0 Å². The molecule has 6 nitrogen and oxygen atoms in total. The molecule has 4 aromatic rings. The first-order valence-electron chi connectivity index (χ1n) is 8.99. The zero-order valence-electron chi connectivity index (χ0n) is 15.6. The van der Waals surface area contributed by atoms with Crippen LogP contribution in [0.15, 0.2) is 72.8 Å². The molecule has 1 heterocycles. The van der Waals surface area contributed by atoms with E-state index in [1.54, 1.807) is 72.8 Å². The molecule has 0 atom stereocenters. The fourth-order valence-electron chi connectivity index (χ4n) is 3.06. The Bertz CT molecular complexity index is 1200. The molecule has 0 spiro atoms. The van der Waals surface area contributed by atoms with Crippen molar-refractivity contribution in [3.63, 3.8) is 0 Å². The van der Waals surface area contributed by atoms with Gasteiger partial charge in [0.25, 0.3) is 0 Å². The summed E-state index contributed by atoms with van der Waals surface area (Å²) in [5.41, 5.74) is 2.91. The van der Waals surface area contributed by atoms with Crippen LogP contribution in [0.25, 0.3) is 34.2 Å². The summed E-state index contributed by atoms with van der Waals surface area (Å²) in [5, 5.41) is 28.5. The van der Waals surface area contributed by atoms with Gasteiger partial charge in [0.15, 0.2) is 17.5 Å². The Morgan fingerprint density at radius 3 is 0.967 bits per heavy atom. The zero-order chi connectivity index (χ0) is 20.9. The summed E-state index contributed by atoms with van der Waals surface area (Å²) in [6, 6.07) is 27.5. The number of nitrogens with zero attached hydrogens (tertiary/aromatic N) is 6. The maximum absolute atomic E-state index is 9.51. The van der Waals surface area contributed by atoms with Gasteiger partial charge >= 0.3 is 0 Å². The van der Waals surface area contributed by atoms with Crippen LogP contribution in [0.3, 0.4) is 0 Å². The lowest BCUT2D eigenvalue weighted by atomic mass is 10.1. The second-order valence-corrected chi connectivity index (χ2v) is 6.28. The smallest absolute Gasteiger partial charge is 0.165 e. The molecule has 0 saturated carbocycles. The molecule has 138 valence electrons. The largest absolute Gasteiger partial charge is 0.208 e. The first-order chi connectivity index (χ1) is 14.7. The minimum Gasteiger partial charge on any atom is -0.208 e. The van der Waals surface area contributed by atoms with Gasteiger partial charge in [-0.1, -0.05) is 36.4 Å². The van der Waals surface area contributed by atoms with E-state index in [9.17, 15) is 15.8 Å². The van der Waals surface area contributed by atoms with E-state index in [0.29, 0.717) is 50.9 Å². The van der Waals surface area contributed by atoms with Crippen LogP contribution in [0.2, 0.25) is 0 Å². The van der Waals surface area contributed by atoms with Crippen LogP contribution < -0.4 is 0 Å². The summed E-state index contributed by atoms with van der Waals surface area (Å²) in [7, 11) is 0. The topological polar surface area (TPSA) is 110 Å². The molecule has 3 aromatic carbocycles. The lowest BCUT2D eigenvalue weighted by molar-refractivity contribution is 1.07. The predicted octanol–water partition coefficient (Wildman–Crippen LogP) is 4.49. The molecule has 0 bridgehead atoms. The molecule has 0 unspecified atom stereocenters. The summed E-state index contributed by atoms with van der Waals surface area (Å²) in [4.78, 5) is 13.7. The highest BCUT2D eigenvalue weighted by Gasteiger charge is 2.17. The summed E-state index contributed by atoms with van der Waals surface area (Å²) in [6.45, 7) is 0. The van der Waals surface area contributed by atoms with Crippen molar-refractivity contribution >= 4 is 0 Å². The second kappa shape index (κ2) is 8.02. The molecular formula is C24H12N6. The third-order valence-electron chi connectivity index (χ3n) is 4.50. The number of benzene rings is 3. The van der Waals surface area contributed by atoms with Gasteiger partial charge in [-0.15, -0.1) is 0 Å². The van der Waals surface area contributed by atoms with Gasteiger partial charge in [-0.25, -0.2) is 15.0 Å². The summed E-state index contributed by atoms with van der Waals surface area (Å²) < 4.78 is 0. The van der Waals surface area contributed by atoms with Crippen molar-refractivity contribution in [1.29, 1.82) is 15.8 Å². The van der Waals surface area contributed by atoms with E-state index >= 15 is 0 Å². The first kappa shape index (κ1) is 18.5. The van der Waals surface area contributed by atoms with Crippen LogP contribution in [-0.4, -0.2) is 15.0 Å². The van der Waals surface area contributed by atoms with Crippen molar-refractivity contribution in [1.82, 2.24) is 15.0 Å². The van der Waals surface area contributed by atoms with Crippen molar-refractivity contribution in [3.05, 3.63) is 89.5 Å². The molecule has 4 rings (SSSR count). The van der Waals surface area contributed by atoms with Gasteiger partial charge in [-0.2, -0.15) is 15.8 Å². The van der Waals surface area contributed by atoms with Gasteiger partial charge in [-0.05, 0) is 36.4 Å². The van der Waals surface area contributed by atoms with E-state index in [2.05, 4.69) is 33.2 Å². The Kier molecular flexibility index (Phi) is 4.95. The molecule has 0 aliphatic heterocycles. The Balaban J connectivity index is 2.04. The number of rotatable bonds is 3. The molecule has 0 saturated heterocycles. The van der Waals surface area contributed by atoms with Crippen LogP contribution in [0, 0.1) is 34.0 Å². The molecule has 1 aromatic heterocycles. The van der Waals surface area contributed by atoms with Crippen molar-refractivity contribution < 1.29 is 0 Å². The van der Waals surface area contributed by atoms with Gasteiger partial charge in [0.05, 0.1) is 34.9 Å². The van der Waals surface area contributed by atoms with E-state index < -0.39 is 0 Å². The minimum atomic E-state index is 0.299. The van der Waals surface area contributed by atoms with Crippen molar-refractivity contribution in [2.45, 2.75) is 0 Å². The molecule has 0 aliphatic carbocycles. The highest BCUT2D eigenvalue weighted by molar-refractivity contribution is 5.73. The predicted molar refractivity (Wildman–Crippen MR) is 110 cm³/mol. The number of hydrogen-bond donors (Lipinski definition) is 0. The first-order valence-corrected chi connectivity index (χ1v) is 8.99. The van der Waals surface area contributed by atoms with Gasteiger partial charge < -0.3 is 0 Å². The fourth-order valence-corrected chi connectivity index (χ4v) is 3.06. The van der Waals surface area contributed by atoms with Crippen LogP contribution in [0.1, 0.15) is 16.7 Å². The van der Waals surface area contributed by atoms with E-state index in [1.807, 2.05) is 0 Å². The molecular weight excluding hydrogens is 372 g/mol. The van der Waals surface area contributed by atoms with Gasteiger partial charge in [0, 0.05) is 16.7 Å². The maximum Gasteiger partial charge on any atom is 0.165 e. The Hall–Kier alpha value is -4.86. The molecule has 0 aliphatic rings. The summed E-state index contributed by atoms with van der Waals surface area (Å²) in [6.07, 6.45) is 0. The Morgan fingerprint density at radius 1 is 0.433 bits per heavy atom. The van der Waals surface area contributed by atoms with Crippen LogP contribution in [0.4, 0.5) is 0 Å². The highest BCUT2D eigenvalue weighted by atomic mass is 15.0. The third kappa shape index (κ3) is 3.36. The number of hydrogen-bond acceptors (Lipinski definition) is 6. The van der Waals surface area contributed by atoms with Gasteiger partial charge in [0.2, 0.25) is 0 Å². The van der Waals surface area contributed by atoms with Crippen molar-refractivity contribution in [3.8, 4) is 52.4 Å². The van der Waals surface area contributed by atoms with E-state index in [0.717, 1.165) is 0 Å². The molecule has 0 fully saturated rings. The molecule has 0 amide bonds. The maximum atomic E-state index is 9.51. The second-order valence-electron chi connectivity index (χ2n) is 6.28. The molecule has 6 heteroatoms. The molecule has 0 radical (unpaired) electrons. The van der Waals surface area contributed by atoms with Gasteiger partial charge in [0.1, 0.15) is 0 Å². The monoisotopic (exact) mass is 384 g/mol. The third-order valence-corrected chi connectivity index (χ3v) is 4.50. The highest BCUT2D eigenvalue weighted by Crippen LogP contribution is 2.28. The standard InChI is InChI=1S/C24H12N6/c25-13-16-7-1-4-10-19(16)22-28-23(20-11-5-2-8-17(20)14-26)30-24(29-22)21-12-6-3-9-18(21)15-27/h1-12H. The van der Waals surface area contributed by atoms with Crippen LogP contribution in [-0.2, 0) is 0 Å². The van der Waals surface area contributed by atoms with E-state index in [1.165, 1.54) is 0 Å². The Labute approximate surface area is 173 Å². The quantitative estimate of drug-likeness (QED) is 0.515. The lowest BCUT2D eigenvalue weighted by Gasteiger charge is -2.10. The average Bonchev–Trinajstić information content (AvgIpc) is 2.83.